The summed E-state index contributed by atoms with van der Waals surface area (Å²) in [6.07, 6.45) is 0. The molecule has 0 rings (SSSR count). The minimum Gasteiger partial charge on any atom is -0.545 e. The molecular weight excluding hydrogens is 180 g/mol. The first-order valence-corrected chi connectivity index (χ1v) is 0.471. The third-order valence-electron chi connectivity index (χ3n) is 0. The van der Waals surface area contributed by atoms with Gasteiger partial charge in [0, 0.05) is 8.41 Å². The van der Waals surface area contributed by atoms with E-state index < -0.39 is 0 Å². The van der Waals surface area contributed by atoms with Gasteiger partial charge in [-0.3, -0.25) is 13.6 Å². The molecule has 0 spiro atoms. The van der Waals surface area contributed by atoms with E-state index in [1.807, 2.05) is 0 Å². The molecule has 2 nitrogen and oxygen atoms in total. The van der Waals surface area contributed by atoms with E-state index >= 15 is 0 Å². The molecule has 0 heterocycles. The van der Waals surface area contributed by atoms with E-state index in [4.69, 9.17) is 9.59 Å². The quantitative estimate of drug-likeness (QED) is 0.290. The molecule has 4 heteroatoms. The van der Waals surface area contributed by atoms with Crippen LogP contribution in [0.4, 0.5) is 0 Å². The fraction of sp³-hybridized carbons (Fsp3) is 0. The fourth-order valence-corrected chi connectivity index (χ4v) is 0. The van der Waals surface area contributed by atoms with Crippen molar-refractivity contribution in [3.8, 4) is 0 Å². The van der Waals surface area contributed by atoms with Gasteiger partial charge in [-0.15, -0.1) is 0 Å². The monoisotopic (exact) mass is 186 g/mol. The van der Waals surface area contributed by atoms with Crippen LogP contribution in [-0.4, -0.2) is 22.0 Å². The van der Waals surface area contributed by atoms with Crippen molar-refractivity contribution in [3.63, 3.8) is 0 Å². The Morgan fingerprint density at radius 2 is 0.857 bits per heavy atom. The van der Waals surface area contributed by atoms with Crippen LogP contribution in [0, 0.1) is 7.43 Å². The van der Waals surface area contributed by atoms with Crippen LogP contribution in [0.5, 0.6) is 0 Å². The molecule has 0 atom stereocenters. The summed E-state index contributed by atoms with van der Waals surface area (Å²) in [5.41, 5.74) is 0. The van der Waals surface area contributed by atoms with E-state index in [2.05, 4.69) is 13.6 Å². The number of hydrogen-bond acceptors (Lipinski definition) is 2. The number of hydrogen-bond donors (Lipinski definition) is 0. The van der Waals surface area contributed by atoms with E-state index in [1.165, 1.54) is 0 Å². The van der Waals surface area contributed by atoms with Crippen LogP contribution in [0.2, 0.25) is 0 Å². The Labute approximate surface area is 59.0 Å². The average Bonchev–Trinajstić information content (AvgIpc) is 1.50. The third kappa shape index (κ3) is 122000. The van der Waals surface area contributed by atoms with Gasteiger partial charge in [0.15, 0.2) is 0 Å². The van der Waals surface area contributed by atoms with Crippen molar-refractivity contribution >= 4 is 22.0 Å². The zero-order valence-corrected chi connectivity index (χ0v) is 5.64. The topological polar surface area (TPSA) is 34.1 Å². The molecule has 0 bridgehead atoms. The van der Waals surface area contributed by atoms with Crippen LogP contribution in [0.15, 0.2) is 0 Å². The van der Waals surface area contributed by atoms with Crippen LogP contribution in [-0.2, 0) is 29.1 Å². The normalized spacial score (nSPS) is 1.14. The second kappa shape index (κ2) is 190000. The molecule has 0 aromatic carbocycles. The van der Waals surface area contributed by atoms with Crippen LogP contribution < -0.4 is 0 Å². The van der Waals surface area contributed by atoms with Crippen molar-refractivity contribution in [2.75, 3.05) is 0 Å². The van der Waals surface area contributed by atoms with Crippen LogP contribution in [0.3, 0.4) is 0 Å². The Kier molecular flexibility index (Phi) is 1690000. The van der Waals surface area contributed by atoms with Crippen LogP contribution in [0.25, 0.3) is 0 Å². The van der Waals surface area contributed by atoms with E-state index in [9.17, 15) is 0 Å². The maximum atomic E-state index is 7.75. The van der Waals surface area contributed by atoms with Gasteiger partial charge in [0.1, 0.15) is 0 Å². The van der Waals surface area contributed by atoms with Crippen LogP contribution in [0.1, 0.15) is 0 Å². The Morgan fingerprint density at radius 3 is 0.857 bits per heavy atom. The molecule has 0 aliphatic carbocycles. The van der Waals surface area contributed by atoms with Crippen molar-refractivity contribution in [2.24, 2.45) is 0 Å². The Bertz CT molecular complexity index is 14.9. The molecule has 0 aliphatic heterocycles. The number of rotatable bonds is 0. The summed E-state index contributed by atoms with van der Waals surface area (Å²) in [7, 11) is 0. The first kappa shape index (κ1) is 62.1. The maximum absolute atomic E-state index is 7.75. The number of carbonyl (C=O) groups excluding carboxylic acids is 2. The SMILES string of the molecule is [B].[CH-]=O.[CH-]=O.[CH3-].[Ru+3]. The molecule has 0 N–H and O–H groups in total. The second-order valence-corrected chi connectivity index (χ2v) is 0. The Hall–Kier alpha value is 0.0283. The summed E-state index contributed by atoms with van der Waals surface area (Å²) in [5, 5.41) is 0. The molecular formula is C3H5BO2Ru. The summed E-state index contributed by atoms with van der Waals surface area (Å²) in [4.78, 5) is 15.5. The zero-order valence-electron chi connectivity index (χ0n) is 3.90. The predicted octanol–water partition coefficient (Wildman–Crippen LogP) is -0.481. The molecule has 40 valence electrons. The molecule has 4 radical (unpaired) electrons. The maximum Gasteiger partial charge on any atom is 3.00 e. The summed E-state index contributed by atoms with van der Waals surface area (Å²) < 4.78 is 0. The van der Waals surface area contributed by atoms with Gasteiger partial charge >= 0.3 is 19.5 Å². The van der Waals surface area contributed by atoms with Gasteiger partial charge in [-0.2, -0.15) is 0 Å². The van der Waals surface area contributed by atoms with Gasteiger partial charge < -0.3 is 17.0 Å². The van der Waals surface area contributed by atoms with Crippen molar-refractivity contribution in [2.45, 2.75) is 0 Å². The summed E-state index contributed by atoms with van der Waals surface area (Å²) in [6, 6.07) is 0. The van der Waals surface area contributed by atoms with Crippen molar-refractivity contribution in [1.82, 2.24) is 0 Å². The van der Waals surface area contributed by atoms with E-state index in [0.717, 1.165) is 0 Å². The molecule has 0 fully saturated rings. The smallest absolute Gasteiger partial charge is 0.545 e. The van der Waals surface area contributed by atoms with Gasteiger partial charge in [0.05, 0.1) is 0 Å². The van der Waals surface area contributed by atoms with Gasteiger partial charge in [-0.1, -0.05) is 0 Å². The standard InChI is InChI=1S/2CHO.CH3.B.Ru/c2*1-2;;;/h2*1H;1H3;;/q3*-1;;+3. The minimum absolute atomic E-state index is 0. The predicted molar refractivity (Wildman–Crippen MR) is 25.7 cm³/mol. The minimum atomic E-state index is 0. The molecule has 0 saturated carbocycles. The van der Waals surface area contributed by atoms with E-state index in [1.54, 1.807) is 0 Å². The Balaban J connectivity index is -0.00000000267. The first-order valence-electron chi connectivity index (χ1n) is 0.471. The second-order valence-electron chi connectivity index (χ2n) is 0. The fourth-order valence-electron chi connectivity index (χ4n) is 0. The first-order chi connectivity index (χ1) is 2.00. The Morgan fingerprint density at radius 1 is 0.857 bits per heavy atom. The van der Waals surface area contributed by atoms with Crippen molar-refractivity contribution < 1.29 is 29.1 Å². The molecule has 0 amide bonds. The summed E-state index contributed by atoms with van der Waals surface area (Å²) in [5.74, 6) is 0. The van der Waals surface area contributed by atoms with Gasteiger partial charge in [0.25, 0.3) is 0 Å². The van der Waals surface area contributed by atoms with Crippen LogP contribution >= 0.6 is 0 Å². The largest absolute Gasteiger partial charge is 3.00 e. The van der Waals surface area contributed by atoms with E-state index in [-0.39, 0.29) is 35.3 Å². The summed E-state index contributed by atoms with van der Waals surface area (Å²) >= 11 is 0. The van der Waals surface area contributed by atoms with Gasteiger partial charge in [-0.05, 0) is 0 Å². The molecule has 0 aliphatic rings. The van der Waals surface area contributed by atoms with E-state index in [0.29, 0.717) is 0 Å². The zero-order chi connectivity index (χ0) is 4.00. The molecule has 0 saturated heterocycles. The molecule has 0 aromatic rings. The van der Waals surface area contributed by atoms with Gasteiger partial charge in [0.2, 0.25) is 0 Å². The van der Waals surface area contributed by atoms with Crippen molar-refractivity contribution in [3.05, 3.63) is 7.43 Å². The average molecular weight is 185 g/mol. The molecule has 0 aromatic heterocycles. The third-order valence-corrected chi connectivity index (χ3v) is 0. The molecule has 7 heavy (non-hydrogen) atoms. The van der Waals surface area contributed by atoms with Gasteiger partial charge in [-0.25, -0.2) is 0 Å². The summed E-state index contributed by atoms with van der Waals surface area (Å²) in [6.45, 7) is 6.50. The van der Waals surface area contributed by atoms with Crippen molar-refractivity contribution in [1.29, 1.82) is 0 Å². The molecule has 0 unspecified atom stereocenters.